The molecule has 0 unspecified atom stereocenters. The highest BCUT2D eigenvalue weighted by molar-refractivity contribution is 5.04. The highest BCUT2D eigenvalue weighted by atomic mass is 15.0. The third-order valence-electron chi connectivity index (χ3n) is 2.88. The molecule has 1 aliphatic heterocycles. The summed E-state index contributed by atoms with van der Waals surface area (Å²) in [4.78, 5) is 0. The van der Waals surface area contributed by atoms with Crippen molar-refractivity contribution < 1.29 is 0 Å². The van der Waals surface area contributed by atoms with Crippen LogP contribution in [0.2, 0.25) is 0 Å². The molecule has 46 valence electrons. The van der Waals surface area contributed by atoms with Gasteiger partial charge in [-0.1, -0.05) is 0 Å². The summed E-state index contributed by atoms with van der Waals surface area (Å²) in [6, 6.07) is 0.822. The molecule has 8 heavy (non-hydrogen) atoms. The maximum atomic E-state index is 3.47. The highest BCUT2D eigenvalue weighted by Gasteiger charge is 2.49. The molecule has 1 heterocycles. The molecule has 0 aromatic heterocycles. The van der Waals surface area contributed by atoms with Crippen molar-refractivity contribution >= 4 is 0 Å². The van der Waals surface area contributed by atoms with E-state index in [1.54, 1.807) is 0 Å². The van der Waals surface area contributed by atoms with Gasteiger partial charge in [-0.25, -0.2) is 0 Å². The number of hydrogen-bond donors (Lipinski definition) is 1. The largest absolute Gasteiger partial charge is 0.314 e. The summed E-state index contributed by atoms with van der Waals surface area (Å²) in [6.07, 6.45) is 4.41. The van der Waals surface area contributed by atoms with Gasteiger partial charge in [0, 0.05) is 6.04 Å². The van der Waals surface area contributed by atoms with Gasteiger partial charge in [-0.2, -0.15) is 0 Å². The van der Waals surface area contributed by atoms with Gasteiger partial charge < -0.3 is 5.32 Å². The third kappa shape index (κ3) is 0.455. The van der Waals surface area contributed by atoms with Gasteiger partial charge in [0.25, 0.3) is 0 Å². The van der Waals surface area contributed by atoms with Crippen molar-refractivity contribution in [2.24, 2.45) is 5.41 Å². The maximum Gasteiger partial charge on any atom is 0.00956 e. The molecule has 1 nitrogen and oxygen atoms in total. The molecule has 1 spiro atoms. The molecule has 2 rings (SSSR count). The minimum Gasteiger partial charge on any atom is -0.314 e. The lowest BCUT2D eigenvalue weighted by Gasteiger charge is -2.10. The highest BCUT2D eigenvalue weighted by Crippen LogP contribution is 2.53. The molecule has 1 heteroatoms. The van der Waals surface area contributed by atoms with Gasteiger partial charge >= 0.3 is 0 Å². The van der Waals surface area contributed by atoms with E-state index in [1.165, 1.54) is 25.8 Å². The Morgan fingerprint density at radius 3 is 2.38 bits per heavy atom. The van der Waals surface area contributed by atoms with Gasteiger partial charge in [0.05, 0.1) is 0 Å². The first-order chi connectivity index (χ1) is 3.83. The quantitative estimate of drug-likeness (QED) is 0.494. The first-order valence-corrected chi connectivity index (χ1v) is 3.57. The monoisotopic (exact) mass is 111 g/mol. The molecule has 2 aliphatic rings. The van der Waals surface area contributed by atoms with Gasteiger partial charge in [0.2, 0.25) is 0 Å². The predicted molar refractivity (Wildman–Crippen MR) is 33.7 cm³/mol. The molecule has 0 aromatic rings. The maximum absolute atomic E-state index is 3.47. The molecule has 0 bridgehead atoms. The molecule has 1 saturated heterocycles. The van der Waals surface area contributed by atoms with E-state index in [-0.39, 0.29) is 0 Å². The van der Waals surface area contributed by atoms with E-state index in [9.17, 15) is 0 Å². The Kier molecular flexibility index (Phi) is 0.762. The number of nitrogens with one attached hydrogen (secondary N) is 1. The van der Waals surface area contributed by atoms with Gasteiger partial charge in [0.1, 0.15) is 0 Å². The summed E-state index contributed by atoms with van der Waals surface area (Å²) in [7, 11) is 0. The Labute approximate surface area is 50.5 Å². The van der Waals surface area contributed by atoms with Crippen LogP contribution in [0.25, 0.3) is 0 Å². The van der Waals surface area contributed by atoms with Crippen LogP contribution >= 0.6 is 0 Å². The topological polar surface area (TPSA) is 12.0 Å². The molecule has 0 radical (unpaired) electrons. The Morgan fingerprint density at radius 2 is 2.12 bits per heavy atom. The van der Waals surface area contributed by atoms with E-state index >= 15 is 0 Å². The van der Waals surface area contributed by atoms with Gasteiger partial charge in [-0.3, -0.25) is 0 Å². The standard InChI is InChI=1S/C7H13N/c1-6-7(2-3-7)4-5-8-6/h6,8H,2-5H2,1H3/t6-/m0/s1. The molecular weight excluding hydrogens is 98.1 g/mol. The first kappa shape index (κ1) is 4.80. The summed E-state index contributed by atoms with van der Waals surface area (Å²) in [5.41, 5.74) is 0.792. The zero-order valence-electron chi connectivity index (χ0n) is 5.41. The lowest BCUT2D eigenvalue weighted by molar-refractivity contribution is 0.458. The molecule has 1 saturated carbocycles. The number of rotatable bonds is 0. The van der Waals surface area contributed by atoms with Crippen LogP contribution in [-0.2, 0) is 0 Å². The average molecular weight is 111 g/mol. The molecule has 1 aliphatic carbocycles. The minimum atomic E-state index is 0.792. The molecule has 1 N–H and O–H groups in total. The second-order valence-electron chi connectivity index (χ2n) is 3.29. The van der Waals surface area contributed by atoms with Gasteiger partial charge in [0.15, 0.2) is 0 Å². The Bertz CT molecular complexity index is 105. The van der Waals surface area contributed by atoms with E-state index in [0.717, 1.165) is 11.5 Å². The van der Waals surface area contributed by atoms with E-state index in [2.05, 4.69) is 12.2 Å². The summed E-state index contributed by atoms with van der Waals surface area (Å²) in [6.45, 7) is 3.58. The Hall–Kier alpha value is -0.0400. The fourth-order valence-corrected chi connectivity index (χ4v) is 1.81. The molecule has 0 aromatic carbocycles. The SMILES string of the molecule is C[C@@H]1NCCC12CC2. The van der Waals surface area contributed by atoms with Crippen LogP contribution in [0.5, 0.6) is 0 Å². The second kappa shape index (κ2) is 1.27. The van der Waals surface area contributed by atoms with Gasteiger partial charge in [-0.15, -0.1) is 0 Å². The van der Waals surface area contributed by atoms with Crippen molar-refractivity contribution in [3.63, 3.8) is 0 Å². The molecular formula is C7H13N. The normalized spacial score (nSPS) is 40.9. The van der Waals surface area contributed by atoms with Crippen LogP contribution in [0.15, 0.2) is 0 Å². The van der Waals surface area contributed by atoms with E-state index in [0.29, 0.717) is 0 Å². The average Bonchev–Trinajstić information content (AvgIpc) is 2.39. The van der Waals surface area contributed by atoms with E-state index in [1.807, 2.05) is 0 Å². The van der Waals surface area contributed by atoms with Crippen LogP contribution < -0.4 is 5.32 Å². The molecule has 0 amide bonds. The van der Waals surface area contributed by atoms with E-state index in [4.69, 9.17) is 0 Å². The fraction of sp³-hybridized carbons (Fsp3) is 1.00. The molecule has 2 fully saturated rings. The van der Waals surface area contributed by atoms with Crippen molar-refractivity contribution in [1.82, 2.24) is 5.32 Å². The summed E-state index contributed by atoms with van der Waals surface area (Å²) in [5, 5.41) is 3.47. The lowest BCUT2D eigenvalue weighted by atomic mass is 9.99. The summed E-state index contributed by atoms with van der Waals surface area (Å²) >= 11 is 0. The zero-order valence-corrected chi connectivity index (χ0v) is 5.41. The van der Waals surface area contributed by atoms with Crippen molar-refractivity contribution in [3.8, 4) is 0 Å². The van der Waals surface area contributed by atoms with Crippen molar-refractivity contribution in [1.29, 1.82) is 0 Å². The minimum absolute atomic E-state index is 0.792. The van der Waals surface area contributed by atoms with Crippen LogP contribution in [-0.4, -0.2) is 12.6 Å². The van der Waals surface area contributed by atoms with Crippen LogP contribution in [0.3, 0.4) is 0 Å². The van der Waals surface area contributed by atoms with Crippen LogP contribution in [0, 0.1) is 5.41 Å². The van der Waals surface area contributed by atoms with Crippen molar-refractivity contribution in [3.05, 3.63) is 0 Å². The van der Waals surface area contributed by atoms with Crippen LogP contribution in [0.1, 0.15) is 26.2 Å². The van der Waals surface area contributed by atoms with E-state index < -0.39 is 0 Å². The van der Waals surface area contributed by atoms with Crippen LogP contribution in [0.4, 0.5) is 0 Å². The zero-order chi connectivity index (χ0) is 5.61. The van der Waals surface area contributed by atoms with Crippen molar-refractivity contribution in [2.75, 3.05) is 6.54 Å². The number of hydrogen-bond acceptors (Lipinski definition) is 1. The van der Waals surface area contributed by atoms with Gasteiger partial charge in [-0.05, 0) is 38.1 Å². The fourth-order valence-electron chi connectivity index (χ4n) is 1.81. The summed E-state index contributed by atoms with van der Waals surface area (Å²) < 4.78 is 0. The summed E-state index contributed by atoms with van der Waals surface area (Å²) in [5.74, 6) is 0. The Morgan fingerprint density at radius 1 is 1.38 bits per heavy atom. The lowest BCUT2D eigenvalue weighted by Crippen LogP contribution is -2.23. The predicted octanol–water partition coefficient (Wildman–Crippen LogP) is 1.15. The second-order valence-corrected chi connectivity index (χ2v) is 3.29. The van der Waals surface area contributed by atoms with Crippen molar-refractivity contribution in [2.45, 2.75) is 32.2 Å². The first-order valence-electron chi connectivity index (χ1n) is 3.57. The Balaban J connectivity index is 2.12. The molecule has 1 atom stereocenters. The smallest absolute Gasteiger partial charge is 0.00956 e. The third-order valence-corrected chi connectivity index (χ3v) is 2.88.